The lowest BCUT2D eigenvalue weighted by Gasteiger charge is -2.17. The number of thioether (sulfide) groups is 1. The van der Waals surface area contributed by atoms with Crippen molar-refractivity contribution < 1.29 is 0 Å². The minimum atomic E-state index is 0.323. The van der Waals surface area contributed by atoms with E-state index in [4.69, 9.17) is 0 Å². The van der Waals surface area contributed by atoms with E-state index in [1.807, 2.05) is 0 Å². The molecule has 0 spiro atoms. The average Bonchev–Trinajstić information content (AvgIpc) is 2.01. The first kappa shape index (κ1) is 10.6. The molecule has 1 aromatic rings. The third kappa shape index (κ3) is 3.81. The van der Waals surface area contributed by atoms with Crippen LogP contribution in [0.1, 0.15) is 26.5 Å². The summed E-state index contributed by atoms with van der Waals surface area (Å²) < 4.78 is 0. The van der Waals surface area contributed by atoms with Crippen LogP contribution in [0.5, 0.6) is 0 Å². The summed E-state index contributed by atoms with van der Waals surface area (Å²) in [6.45, 7) is 6.71. The van der Waals surface area contributed by atoms with Crippen LogP contribution in [-0.2, 0) is 6.42 Å². The summed E-state index contributed by atoms with van der Waals surface area (Å²) in [5.74, 6) is 0. The van der Waals surface area contributed by atoms with E-state index in [1.54, 1.807) is 11.8 Å². The van der Waals surface area contributed by atoms with Crippen molar-refractivity contribution in [1.29, 1.82) is 0 Å². The summed E-state index contributed by atoms with van der Waals surface area (Å²) in [7, 11) is 0. The fraction of sp³-hybridized carbons (Fsp3) is 0.545. The SMILES string of the molecule is CSc1cccc(CC(C)(C)C)n1. The van der Waals surface area contributed by atoms with Gasteiger partial charge in [-0.25, -0.2) is 4.98 Å². The van der Waals surface area contributed by atoms with Crippen LogP contribution in [0.4, 0.5) is 0 Å². The van der Waals surface area contributed by atoms with Gasteiger partial charge in [-0.05, 0) is 30.2 Å². The summed E-state index contributed by atoms with van der Waals surface area (Å²) >= 11 is 1.70. The van der Waals surface area contributed by atoms with Crippen LogP contribution in [0.3, 0.4) is 0 Å². The molecule has 0 atom stereocenters. The van der Waals surface area contributed by atoms with E-state index in [0.29, 0.717) is 5.41 Å². The van der Waals surface area contributed by atoms with Gasteiger partial charge < -0.3 is 0 Å². The zero-order valence-corrected chi connectivity index (χ0v) is 9.61. The van der Waals surface area contributed by atoms with Gasteiger partial charge >= 0.3 is 0 Å². The maximum Gasteiger partial charge on any atom is 0.0960 e. The summed E-state index contributed by atoms with van der Waals surface area (Å²) in [5.41, 5.74) is 1.52. The highest BCUT2D eigenvalue weighted by Gasteiger charge is 2.11. The smallest absolute Gasteiger partial charge is 0.0960 e. The molecular formula is C11H17NS. The molecule has 1 nitrogen and oxygen atoms in total. The number of aromatic nitrogens is 1. The minimum absolute atomic E-state index is 0.323. The topological polar surface area (TPSA) is 12.9 Å². The van der Waals surface area contributed by atoms with Gasteiger partial charge in [0.15, 0.2) is 0 Å². The lowest BCUT2D eigenvalue weighted by Crippen LogP contribution is -2.10. The summed E-state index contributed by atoms with van der Waals surface area (Å²) in [5, 5.41) is 1.11. The molecule has 0 N–H and O–H groups in total. The van der Waals surface area contributed by atoms with Crippen LogP contribution >= 0.6 is 11.8 Å². The highest BCUT2D eigenvalue weighted by Crippen LogP contribution is 2.20. The molecule has 0 aliphatic rings. The second-order valence-corrected chi connectivity index (χ2v) is 5.24. The van der Waals surface area contributed by atoms with Gasteiger partial charge in [-0.2, -0.15) is 0 Å². The van der Waals surface area contributed by atoms with Gasteiger partial charge in [0, 0.05) is 5.69 Å². The summed E-state index contributed by atoms with van der Waals surface area (Å²) in [6.07, 6.45) is 3.10. The second kappa shape index (κ2) is 4.14. The number of pyridine rings is 1. The number of rotatable bonds is 2. The standard InChI is InChI=1S/C11H17NS/c1-11(2,3)8-9-6-5-7-10(12-9)13-4/h5-7H,8H2,1-4H3. The molecule has 2 heteroatoms. The molecule has 0 radical (unpaired) electrons. The van der Waals surface area contributed by atoms with Crippen LogP contribution in [0.15, 0.2) is 23.2 Å². The monoisotopic (exact) mass is 195 g/mol. The maximum absolute atomic E-state index is 4.54. The molecule has 0 aromatic carbocycles. The molecule has 0 fully saturated rings. The van der Waals surface area contributed by atoms with Crippen LogP contribution in [0.2, 0.25) is 0 Å². The first-order chi connectivity index (χ1) is 6.01. The Balaban J connectivity index is 2.78. The van der Waals surface area contributed by atoms with Gasteiger partial charge in [-0.15, -0.1) is 11.8 Å². The third-order valence-electron chi connectivity index (χ3n) is 1.70. The zero-order valence-electron chi connectivity index (χ0n) is 8.79. The van der Waals surface area contributed by atoms with Gasteiger partial charge in [0.1, 0.15) is 0 Å². The molecule has 0 saturated heterocycles. The minimum Gasteiger partial charge on any atom is -0.247 e. The predicted octanol–water partition coefficient (Wildman–Crippen LogP) is 3.39. The van der Waals surface area contributed by atoms with Gasteiger partial charge in [-0.1, -0.05) is 26.8 Å². The van der Waals surface area contributed by atoms with Crippen molar-refractivity contribution in [2.45, 2.75) is 32.2 Å². The van der Waals surface area contributed by atoms with E-state index in [0.717, 1.165) is 11.4 Å². The maximum atomic E-state index is 4.54. The van der Waals surface area contributed by atoms with E-state index in [1.165, 1.54) is 5.69 Å². The van der Waals surface area contributed by atoms with E-state index < -0.39 is 0 Å². The molecule has 13 heavy (non-hydrogen) atoms. The predicted molar refractivity (Wildman–Crippen MR) is 59.2 cm³/mol. The highest BCUT2D eigenvalue weighted by atomic mass is 32.2. The first-order valence-corrected chi connectivity index (χ1v) is 5.74. The van der Waals surface area contributed by atoms with Crippen LogP contribution in [0.25, 0.3) is 0 Å². The molecule has 0 unspecified atom stereocenters. The lowest BCUT2D eigenvalue weighted by atomic mass is 9.90. The molecule has 0 aliphatic heterocycles. The van der Waals surface area contributed by atoms with Crippen molar-refractivity contribution >= 4 is 11.8 Å². The largest absolute Gasteiger partial charge is 0.247 e. The van der Waals surface area contributed by atoms with Gasteiger partial charge in [0.2, 0.25) is 0 Å². The van der Waals surface area contributed by atoms with Crippen molar-refractivity contribution in [3.05, 3.63) is 23.9 Å². The molecule has 0 bridgehead atoms. The molecule has 1 rings (SSSR count). The van der Waals surface area contributed by atoms with Crippen LogP contribution in [0, 0.1) is 5.41 Å². The summed E-state index contributed by atoms with van der Waals surface area (Å²) in [6, 6.07) is 6.24. The summed E-state index contributed by atoms with van der Waals surface area (Å²) in [4.78, 5) is 4.54. The van der Waals surface area contributed by atoms with Crippen LogP contribution < -0.4 is 0 Å². The molecule has 0 saturated carbocycles. The van der Waals surface area contributed by atoms with Crippen molar-refractivity contribution in [3.63, 3.8) is 0 Å². The quantitative estimate of drug-likeness (QED) is 0.671. The van der Waals surface area contributed by atoms with Crippen molar-refractivity contribution in [1.82, 2.24) is 4.98 Å². The Hall–Kier alpha value is -0.500. The first-order valence-electron chi connectivity index (χ1n) is 4.51. The van der Waals surface area contributed by atoms with Crippen molar-refractivity contribution in [2.24, 2.45) is 5.41 Å². The Morgan fingerprint density at radius 3 is 2.54 bits per heavy atom. The van der Waals surface area contributed by atoms with Gasteiger partial charge in [-0.3, -0.25) is 0 Å². The third-order valence-corrected chi connectivity index (χ3v) is 2.35. The fourth-order valence-corrected chi connectivity index (χ4v) is 1.64. The van der Waals surface area contributed by atoms with E-state index in [-0.39, 0.29) is 0 Å². The van der Waals surface area contributed by atoms with Gasteiger partial charge in [0.05, 0.1) is 5.03 Å². The molecule has 1 heterocycles. The molecule has 0 amide bonds. The molecule has 0 aliphatic carbocycles. The Morgan fingerprint density at radius 1 is 1.31 bits per heavy atom. The molecular weight excluding hydrogens is 178 g/mol. The lowest BCUT2D eigenvalue weighted by molar-refractivity contribution is 0.405. The van der Waals surface area contributed by atoms with Crippen molar-refractivity contribution in [3.8, 4) is 0 Å². The van der Waals surface area contributed by atoms with Gasteiger partial charge in [0.25, 0.3) is 0 Å². The van der Waals surface area contributed by atoms with E-state index in [2.05, 4.69) is 50.2 Å². The Bertz CT molecular complexity index is 276. The fourth-order valence-electron chi connectivity index (χ4n) is 1.21. The Morgan fingerprint density at radius 2 is 2.00 bits per heavy atom. The molecule has 72 valence electrons. The van der Waals surface area contributed by atoms with Crippen molar-refractivity contribution in [2.75, 3.05) is 6.26 Å². The van der Waals surface area contributed by atoms with Crippen LogP contribution in [-0.4, -0.2) is 11.2 Å². The second-order valence-electron chi connectivity index (χ2n) is 4.41. The zero-order chi connectivity index (χ0) is 9.90. The number of hydrogen-bond donors (Lipinski definition) is 0. The Kier molecular flexibility index (Phi) is 3.37. The number of nitrogens with zero attached hydrogens (tertiary/aromatic N) is 1. The Labute approximate surface area is 85.0 Å². The molecule has 1 aromatic heterocycles. The number of hydrogen-bond acceptors (Lipinski definition) is 2. The normalized spacial score (nSPS) is 11.7. The highest BCUT2D eigenvalue weighted by molar-refractivity contribution is 7.98. The average molecular weight is 195 g/mol. The van der Waals surface area contributed by atoms with E-state index >= 15 is 0 Å². The van der Waals surface area contributed by atoms with E-state index in [9.17, 15) is 0 Å².